The van der Waals surface area contributed by atoms with Crippen molar-refractivity contribution >= 4 is 16.5 Å². The molecule has 26 heavy (non-hydrogen) atoms. The van der Waals surface area contributed by atoms with Crippen molar-refractivity contribution in [3.8, 4) is 0 Å². The topological polar surface area (TPSA) is 19.0 Å². The Morgan fingerprint density at radius 1 is 0.962 bits per heavy atom. The van der Waals surface area contributed by atoms with Crippen molar-refractivity contribution < 1.29 is 0 Å². The molecule has 0 fully saturated rings. The summed E-state index contributed by atoms with van der Waals surface area (Å²) < 4.78 is 0. The van der Waals surface area contributed by atoms with Crippen LogP contribution in [0.4, 0.5) is 0 Å². The van der Waals surface area contributed by atoms with Gasteiger partial charge < -0.3 is 4.98 Å². The Hall–Kier alpha value is -2.32. The minimum atomic E-state index is 0.839. The molecule has 2 aliphatic rings. The van der Waals surface area contributed by atoms with E-state index in [1.807, 2.05) is 0 Å². The molecule has 132 valence electrons. The number of hydrogen-bond acceptors (Lipinski definition) is 1. The summed E-state index contributed by atoms with van der Waals surface area (Å²) in [6.07, 6.45) is 7.46. The number of nitrogens with zero attached hydrogens (tertiary/aromatic N) is 1. The van der Waals surface area contributed by atoms with E-state index < -0.39 is 0 Å². The highest BCUT2D eigenvalue weighted by Crippen LogP contribution is 2.30. The van der Waals surface area contributed by atoms with Crippen molar-refractivity contribution in [3.63, 3.8) is 0 Å². The first-order valence-corrected chi connectivity index (χ1v) is 9.91. The third-order valence-electron chi connectivity index (χ3n) is 6.16. The van der Waals surface area contributed by atoms with E-state index in [1.54, 1.807) is 11.1 Å². The zero-order chi connectivity index (χ0) is 17.3. The molecule has 1 aromatic heterocycles. The fourth-order valence-corrected chi connectivity index (χ4v) is 4.62. The second-order valence-electron chi connectivity index (χ2n) is 7.88. The first kappa shape index (κ1) is 15.9. The van der Waals surface area contributed by atoms with Crippen LogP contribution in [0.3, 0.4) is 0 Å². The molecule has 2 nitrogen and oxygen atoms in total. The van der Waals surface area contributed by atoms with Crippen molar-refractivity contribution in [1.82, 2.24) is 9.88 Å². The average molecular weight is 342 g/mol. The summed E-state index contributed by atoms with van der Waals surface area (Å²) in [6, 6.07) is 19.8. The molecule has 5 rings (SSSR count). The summed E-state index contributed by atoms with van der Waals surface area (Å²) >= 11 is 0. The van der Waals surface area contributed by atoms with Crippen LogP contribution in [0.15, 0.2) is 60.7 Å². The maximum atomic E-state index is 3.58. The number of fused-ring (bicyclic) bond motifs is 2. The maximum absolute atomic E-state index is 3.58. The fraction of sp³-hybridized carbons (Fsp3) is 0.333. The number of aromatic amines is 1. The summed E-state index contributed by atoms with van der Waals surface area (Å²) in [5.41, 5.74) is 7.18. The molecule has 0 atom stereocenters. The van der Waals surface area contributed by atoms with Crippen LogP contribution in [0.2, 0.25) is 0 Å². The highest BCUT2D eigenvalue weighted by Gasteiger charge is 2.22. The minimum absolute atomic E-state index is 0.839. The lowest BCUT2D eigenvalue weighted by Gasteiger charge is -2.27. The highest BCUT2D eigenvalue weighted by molar-refractivity contribution is 5.84. The number of para-hydroxylation sites is 1. The number of nitrogens with one attached hydrogen (secondary N) is 1. The number of rotatable bonds is 4. The van der Waals surface area contributed by atoms with Gasteiger partial charge >= 0.3 is 0 Å². The van der Waals surface area contributed by atoms with Gasteiger partial charge in [0.15, 0.2) is 0 Å². The van der Waals surface area contributed by atoms with Crippen LogP contribution in [0.25, 0.3) is 16.5 Å². The van der Waals surface area contributed by atoms with Crippen LogP contribution in [-0.4, -0.2) is 29.5 Å². The van der Waals surface area contributed by atoms with Crippen molar-refractivity contribution in [2.24, 2.45) is 5.92 Å². The van der Waals surface area contributed by atoms with Crippen molar-refractivity contribution in [2.75, 3.05) is 19.6 Å². The van der Waals surface area contributed by atoms with Crippen LogP contribution in [-0.2, 0) is 12.8 Å². The molecule has 0 bridgehead atoms. The molecule has 2 heterocycles. The average Bonchev–Trinajstić information content (AvgIpc) is 3.30. The minimum Gasteiger partial charge on any atom is -0.355 e. The first-order chi connectivity index (χ1) is 12.8. The largest absolute Gasteiger partial charge is 0.355 e. The smallest absolute Gasteiger partial charge is 0.0458 e. The number of hydrogen-bond donors (Lipinski definition) is 1. The summed E-state index contributed by atoms with van der Waals surface area (Å²) in [4.78, 5) is 6.20. The zero-order valence-electron chi connectivity index (χ0n) is 15.2. The molecule has 0 spiro atoms. The Kier molecular flexibility index (Phi) is 4.14. The van der Waals surface area contributed by atoms with Gasteiger partial charge in [-0.3, -0.25) is 4.90 Å². The molecule has 1 aliphatic heterocycles. The third-order valence-corrected chi connectivity index (χ3v) is 6.16. The van der Waals surface area contributed by atoms with Gasteiger partial charge in [0, 0.05) is 24.3 Å². The van der Waals surface area contributed by atoms with Crippen molar-refractivity contribution in [2.45, 2.75) is 25.7 Å². The van der Waals surface area contributed by atoms with Gasteiger partial charge in [-0.2, -0.15) is 0 Å². The van der Waals surface area contributed by atoms with E-state index >= 15 is 0 Å². The normalized spacial score (nSPS) is 18.2. The molecule has 0 saturated heterocycles. The molecule has 2 aromatic carbocycles. The van der Waals surface area contributed by atoms with E-state index in [1.165, 1.54) is 54.5 Å². The molecular formula is C24H26N2. The lowest BCUT2D eigenvalue weighted by atomic mass is 10.0. The number of benzene rings is 2. The lowest BCUT2D eigenvalue weighted by molar-refractivity contribution is 0.275. The second-order valence-corrected chi connectivity index (χ2v) is 7.88. The Morgan fingerprint density at radius 2 is 1.73 bits per heavy atom. The SMILES string of the molecule is C1=C(c2cc3ccccc3[nH]2)CCN(CCC2Cc3ccccc3C2)C1. The van der Waals surface area contributed by atoms with Crippen LogP contribution in [0.1, 0.15) is 29.7 Å². The van der Waals surface area contributed by atoms with Gasteiger partial charge in [-0.05, 0) is 72.4 Å². The van der Waals surface area contributed by atoms with Gasteiger partial charge in [-0.25, -0.2) is 0 Å². The predicted octanol–water partition coefficient (Wildman–Crippen LogP) is 5.06. The Morgan fingerprint density at radius 3 is 2.46 bits per heavy atom. The van der Waals surface area contributed by atoms with Crippen LogP contribution in [0, 0.1) is 5.92 Å². The van der Waals surface area contributed by atoms with Crippen molar-refractivity contribution in [1.29, 1.82) is 0 Å². The highest BCUT2D eigenvalue weighted by atomic mass is 15.1. The molecule has 0 amide bonds. The zero-order valence-corrected chi connectivity index (χ0v) is 15.2. The summed E-state index contributed by atoms with van der Waals surface area (Å²) in [6.45, 7) is 3.50. The quantitative estimate of drug-likeness (QED) is 0.702. The molecule has 0 saturated carbocycles. The Balaban J connectivity index is 1.18. The van der Waals surface area contributed by atoms with E-state index in [0.29, 0.717) is 0 Å². The van der Waals surface area contributed by atoms with Crippen molar-refractivity contribution in [3.05, 3.63) is 77.5 Å². The third kappa shape index (κ3) is 3.10. The molecular weight excluding hydrogens is 316 g/mol. The number of aromatic nitrogens is 1. The van der Waals surface area contributed by atoms with E-state index in [2.05, 4.69) is 70.6 Å². The summed E-state index contributed by atoms with van der Waals surface area (Å²) in [7, 11) is 0. The number of H-pyrrole nitrogens is 1. The maximum Gasteiger partial charge on any atom is 0.0458 e. The van der Waals surface area contributed by atoms with E-state index in [0.717, 1.165) is 18.9 Å². The van der Waals surface area contributed by atoms with Gasteiger partial charge in [0.2, 0.25) is 0 Å². The fourth-order valence-electron chi connectivity index (χ4n) is 4.62. The van der Waals surface area contributed by atoms with Gasteiger partial charge in [0.1, 0.15) is 0 Å². The van der Waals surface area contributed by atoms with Gasteiger partial charge in [0.25, 0.3) is 0 Å². The molecule has 2 heteroatoms. The molecule has 0 radical (unpaired) electrons. The Labute approximate surface area is 155 Å². The molecule has 1 aliphatic carbocycles. The predicted molar refractivity (Wildman–Crippen MR) is 109 cm³/mol. The van der Waals surface area contributed by atoms with Gasteiger partial charge in [0.05, 0.1) is 0 Å². The summed E-state index contributed by atoms with van der Waals surface area (Å²) in [5, 5.41) is 1.31. The van der Waals surface area contributed by atoms with Crippen LogP contribution >= 0.6 is 0 Å². The van der Waals surface area contributed by atoms with Gasteiger partial charge in [-0.1, -0.05) is 48.5 Å². The molecule has 3 aromatic rings. The molecule has 0 unspecified atom stereocenters. The molecule has 1 N–H and O–H groups in total. The monoisotopic (exact) mass is 342 g/mol. The van der Waals surface area contributed by atoms with E-state index in [-0.39, 0.29) is 0 Å². The van der Waals surface area contributed by atoms with Crippen LogP contribution in [0.5, 0.6) is 0 Å². The van der Waals surface area contributed by atoms with E-state index in [9.17, 15) is 0 Å². The van der Waals surface area contributed by atoms with Gasteiger partial charge in [-0.15, -0.1) is 0 Å². The van der Waals surface area contributed by atoms with E-state index in [4.69, 9.17) is 0 Å². The standard InChI is InChI=1S/C24H26N2/c1-2-6-21-16-18(15-20(21)5-1)9-12-26-13-10-19(11-14-26)24-17-22-7-3-4-8-23(22)25-24/h1-8,10,17-18,25H,9,11-16H2. The Bertz CT molecular complexity index is 892. The first-order valence-electron chi connectivity index (χ1n) is 9.91. The van der Waals surface area contributed by atoms with Crippen LogP contribution < -0.4 is 0 Å². The summed E-state index contributed by atoms with van der Waals surface area (Å²) in [5.74, 6) is 0.839. The second kappa shape index (κ2) is 6.77. The lowest BCUT2D eigenvalue weighted by Crippen LogP contribution is -2.30.